The molecule has 0 aromatic heterocycles. The molecule has 1 aromatic carbocycles. The first-order valence-electron chi connectivity index (χ1n) is 10.8. The van der Waals surface area contributed by atoms with Crippen LogP contribution in [0.25, 0.3) is 0 Å². The molecule has 0 radical (unpaired) electrons. The first kappa shape index (κ1) is 12.2. The van der Waals surface area contributed by atoms with E-state index in [4.69, 9.17) is 8.85 Å². The molecule has 5 atom stereocenters. The van der Waals surface area contributed by atoms with Gasteiger partial charge in [0.2, 0.25) is 0 Å². The van der Waals surface area contributed by atoms with Gasteiger partial charge in [0.15, 0.2) is 11.5 Å². The largest absolute Gasteiger partial charge is 0.504 e. The Bertz CT molecular complexity index is 890. The Hall–Kier alpha value is -1.30. The fraction of sp³-hybridized carbons (Fsp3) is 0.700. The van der Waals surface area contributed by atoms with Crippen LogP contribution in [0.5, 0.6) is 11.5 Å². The predicted molar refractivity (Wildman–Crippen MR) is 90.8 cm³/mol. The number of rotatable bonds is 2. The van der Waals surface area contributed by atoms with Crippen molar-refractivity contribution >= 4 is 0 Å². The number of aromatic hydroxyl groups is 1. The van der Waals surface area contributed by atoms with Crippen molar-refractivity contribution in [3.8, 4) is 11.5 Å². The van der Waals surface area contributed by atoms with Crippen molar-refractivity contribution in [2.45, 2.75) is 67.8 Å². The second kappa shape index (κ2) is 4.51. The number of piperidine rings is 1. The smallest absolute Gasteiger partial charge is 0.165 e. The number of ether oxygens (including phenoxy) is 1. The summed E-state index contributed by atoms with van der Waals surface area (Å²) in [6.07, 6.45) is 1.28. The maximum Gasteiger partial charge on any atom is 0.165 e. The van der Waals surface area contributed by atoms with Gasteiger partial charge in [-0.15, -0.1) is 0 Å². The Morgan fingerprint density at radius 1 is 1.32 bits per heavy atom. The minimum absolute atomic E-state index is 0.0244. The normalized spacial score (nSPS) is 47.9. The van der Waals surface area contributed by atoms with Gasteiger partial charge in [0.05, 0.1) is 17.1 Å². The first-order chi connectivity index (χ1) is 13.2. The van der Waals surface area contributed by atoms with Crippen molar-refractivity contribution in [1.29, 1.82) is 0 Å². The minimum Gasteiger partial charge on any atom is -0.504 e. The molecule has 1 saturated heterocycles. The molecule has 134 valence electrons. The molecule has 5 aliphatic rings. The summed E-state index contributed by atoms with van der Waals surface area (Å²) in [5.41, 5.74) is -0.362. The van der Waals surface area contributed by atoms with E-state index in [2.05, 4.69) is 0 Å². The average molecular weight is 346 g/mol. The zero-order valence-corrected chi connectivity index (χ0v) is 14.0. The number of likely N-dealkylation sites (tertiary alicyclic amines) is 1. The van der Waals surface area contributed by atoms with Gasteiger partial charge in [0.25, 0.3) is 0 Å². The van der Waals surface area contributed by atoms with Crippen LogP contribution in [0.1, 0.15) is 47.3 Å². The van der Waals surface area contributed by atoms with E-state index in [1.807, 2.05) is 6.07 Å². The van der Waals surface area contributed by atoms with Crippen molar-refractivity contribution in [2.75, 3.05) is 13.0 Å². The number of phenols is 1. The van der Waals surface area contributed by atoms with Crippen molar-refractivity contribution in [2.24, 2.45) is 5.89 Å². The van der Waals surface area contributed by atoms with E-state index in [1.165, 1.54) is 0 Å². The number of hydrogen-bond acceptors (Lipinski definition) is 5. The Labute approximate surface area is 151 Å². The Morgan fingerprint density at radius 3 is 2.96 bits per heavy atom. The highest BCUT2D eigenvalue weighted by Gasteiger charge is 2.72. The highest BCUT2D eigenvalue weighted by Crippen LogP contribution is 2.65. The highest BCUT2D eigenvalue weighted by molar-refractivity contribution is 5.62. The molecule has 25 heavy (non-hydrogen) atoms. The molecule has 3 N–H and O–H groups in total. The van der Waals surface area contributed by atoms with Crippen molar-refractivity contribution in [3.05, 3.63) is 23.3 Å². The summed E-state index contributed by atoms with van der Waals surface area (Å²) in [5.74, 6) is -0.721. The zero-order valence-electron chi connectivity index (χ0n) is 17.0. The summed E-state index contributed by atoms with van der Waals surface area (Å²) in [5, 5.41) is 33.2. The quantitative estimate of drug-likeness (QED) is 0.753. The lowest BCUT2D eigenvalue weighted by molar-refractivity contribution is -0.208. The second-order valence-corrected chi connectivity index (χ2v) is 8.37. The summed E-state index contributed by atoms with van der Waals surface area (Å²) in [7, 11) is 0. The van der Waals surface area contributed by atoms with Crippen LogP contribution in [-0.4, -0.2) is 57.1 Å². The van der Waals surface area contributed by atoms with Gasteiger partial charge in [0.1, 0.15) is 6.10 Å². The Balaban J connectivity index is 1.57. The molecule has 2 bridgehead atoms. The molecule has 1 aromatic rings. The van der Waals surface area contributed by atoms with E-state index < -0.39 is 41.7 Å². The van der Waals surface area contributed by atoms with Gasteiger partial charge < -0.3 is 20.1 Å². The zero-order chi connectivity index (χ0) is 19.7. The molecule has 5 heteroatoms. The van der Waals surface area contributed by atoms with E-state index in [-0.39, 0.29) is 5.75 Å². The lowest BCUT2D eigenvalue weighted by Crippen LogP contribution is -2.77. The van der Waals surface area contributed by atoms with Gasteiger partial charge >= 0.3 is 0 Å². The topological polar surface area (TPSA) is 73.2 Å². The van der Waals surface area contributed by atoms with E-state index in [0.29, 0.717) is 50.8 Å². The van der Waals surface area contributed by atoms with Crippen molar-refractivity contribution in [1.82, 2.24) is 4.90 Å². The summed E-state index contributed by atoms with van der Waals surface area (Å²) < 4.78 is 32.0. The van der Waals surface area contributed by atoms with Gasteiger partial charge in [-0.3, -0.25) is 4.90 Å². The van der Waals surface area contributed by atoms with Crippen LogP contribution in [0, 0.1) is 5.89 Å². The van der Waals surface area contributed by atoms with Gasteiger partial charge in [-0.25, -0.2) is 0 Å². The van der Waals surface area contributed by atoms with E-state index >= 15 is 0 Å². The standard InChI is InChI=1S/C20H25NO4/c22-13-4-3-12-9-15-20(24)6-5-14(23)18-19(20,16(12)17(13)25-18)7-8-21(15)10-11-1-2-11/h3-4,11,14-15,18,22-24H,1-2,5-10H2/t14-,15-,18+,19+,20-/m1/s1/i10D2,11D. The molecule has 0 unspecified atom stereocenters. The molecule has 0 amide bonds. The number of aliphatic hydroxyl groups excluding tert-OH is 1. The van der Waals surface area contributed by atoms with Gasteiger partial charge in [-0.05, 0) is 62.6 Å². The monoisotopic (exact) mass is 346 g/mol. The van der Waals surface area contributed by atoms with Crippen LogP contribution >= 0.6 is 0 Å². The molecular formula is C20H25NO4. The third-order valence-electron chi connectivity index (χ3n) is 7.23. The van der Waals surface area contributed by atoms with E-state index in [1.54, 1.807) is 11.0 Å². The van der Waals surface area contributed by atoms with E-state index in [9.17, 15) is 15.3 Å². The molecule has 6 rings (SSSR count). The minimum atomic E-state index is -1.82. The molecule has 3 aliphatic carbocycles. The fourth-order valence-corrected chi connectivity index (χ4v) is 6.03. The Kier molecular flexibility index (Phi) is 2.19. The van der Waals surface area contributed by atoms with Crippen molar-refractivity contribution < 1.29 is 24.2 Å². The highest BCUT2D eigenvalue weighted by atomic mass is 16.5. The summed E-state index contributed by atoms with van der Waals surface area (Å²) in [6.45, 7) is -1.43. The molecule has 1 spiro atoms. The molecule has 2 saturated carbocycles. The second-order valence-electron chi connectivity index (χ2n) is 8.37. The van der Waals surface area contributed by atoms with Crippen LogP contribution in [0.2, 0.25) is 0 Å². The molecule has 3 fully saturated rings. The fourth-order valence-electron chi connectivity index (χ4n) is 6.03. The molecule has 2 aliphatic heterocycles. The number of aliphatic hydroxyl groups is 2. The maximum atomic E-state index is 12.1. The summed E-state index contributed by atoms with van der Waals surface area (Å²) >= 11 is 0. The molecule has 5 nitrogen and oxygen atoms in total. The summed E-state index contributed by atoms with van der Waals surface area (Å²) in [6, 6.07) is 2.93. The third-order valence-corrected chi connectivity index (χ3v) is 7.23. The number of phenolic OH excluding ortho intramolecular Hbond substituents is 1. The third kappa shape index (κ3) is 1.61. The van der Waals surface area contributed by atoms with Crippen LogP contribution in [-0.2, 0) is 11.8 Å². The average Bonchev–Trinajstić information content (AvgIpc) is 3.29. The van der Waals surface area contributed by atoms with Gasteiger partial charge in [-0.2, -0.15) is 0 Å². The number of hydrogen-bond donors (Lipinski definition) is 3. The maximum absolute atomic E-state index is 12.1. The lowest BCUT2D eigenvalue weighted by atomic mass is 9.48. The van der Waals surface area contributed by atoms with Crippen LogP contribution < -0.4 is 4.74 Å². The predicted octanol–water partition coefficient (Wildman–Crippen LogP) is 1.32. The summed E-state index contributed by atoms with van der Waals surface area (Å²) in [4.78, 5) is 1.72. The SMILES string of the molecule is [2H]C1(C([2H])([2H])N2CC[C@]34c5c6ccc(O)c5O[C@H]3[C@H](O)CC[C@@]4(O)[C@H]2C6)CC1. The van der Waals surface area contributed by atoms with Crippen LogP contribution in [0.15, 0.2) is 12.1 Å². The van der Waals surface area contributed by atoms with E-state index in [0.717, 1.165) is 11.1 Å². The first-order valence-corrected chi connectivity index (χ1v) is 9.35. The van der Waals surface area contributed by atoms with Crippen LogP contribution in [0.3, 0.4) is 0 Å². The van der Waals surface area contributed by atoms with Gasteiger partial charge in [0, 0.05) is 22.2 Å². The molecule has 2 heterocycles. The van der Waals surface area contributed by atoms with Crippen molar-refractivity contribution in [3.63, 3.8) is 0 Å². The lowest BCUT2D eigenvalue weighted by Gasteiger charge is -2.63. The number of benzene rings is 1. The molecular weight excluding hydrogens is 318 g/mol. The van der Waals surface area contributed by atoms with Crippen LogP contribution in [0.4, 0.5) is 0 Å². The van der Waals surface area contributed by atoms with Gasteiger partial charge in [-0.1, -0.05) is 6.07 Å². The number of nitrogens with zero attached hydrogens (tertiary/aromatic N) is 1. The Morgan fingerprint density at radius 2 is 2.16 bits per heavy atom.